The first-order chi connectivity index (χ1) is 8.25. The fraction of sp³-hybridized carbons (Fsp3) is 0.615. The van der Waals surface area contributed by atoms with Gasteiger partial charge in [-0.1, -0.05) is 6.42 Å². The first kappa shape index (κ1) is 12.3. The van der Waals surface area contributed by atoms with E-state index in [1.807, 2.05) is 0 Å². The minimum Gasteiger partial charge on any atom is -0.492 e. The Bertz CT molecular complexity index is 342. The van der Waals surface area contributed by atoms with E-state index in [-0.39, 0.29) is 0 Å². The molecule has 94 valence electrons. The number of pyridine rings is 1. The lowest BCUT2D eigenvalue weighted by Gasteiger charge is -2.32. The predicted octanol–water partition coefficient (Wildman–Crippen LogP) is 2.47. The average molecular weight is 238 g/mol. The zero-order valence-corrected chi connectivity index (χ0v) is 10.2. The summed E-state index contributed by atoms with van der Waals surface area (Å²) < 4.78 is 18.1. The monoisotopic (exact) mass is 238 g/mol. The Morgan fingerprint density at radius 3 is 3.06 bits per heavy atom. The van der Waals surface area contributed by atoms with Crippen molar-refractivity contribution in [1.29, 1.82) is 0 Å². The van der Waals surface area contributed by atoms with Crippen LogP contribution in [0.5, 0.6) is 5.75 Å². The van der Waals surface area contributed by atoms with E-state index in [1.54, 1.807) is 6.07 Å². The summed E-state index contributed by atoms with van der Waals surface area (Å²) in [6.45, 7) is 1.85. The number of likely N-dealkylation sites (tertiary alicyclic amines) is 1. The molecular formula is C13H19FN2O. The molecule has 0 saturated carbocycles. The van der Waals surface area contributed by atoms with E-state index >= 15 is 0 Å². The highest BCUT2D eigenvalue weighted by Crippen LogP contribution is 2.18. The summed E-state index contributed by atoms with van der Waals surface area (Å²) in [6, 6.07) is 3.56. The molecule has 0 N–H and O–H groups in total. The summed E-state index contributed by atoms with van der Waals surface area (Å²) in [4.78, 5) is 5.96. The van der Waals surface area contributed by atoms with E-state index in [4.69, 9.17) is 4.74 Å². The van der Waals surface area contributed by atoms with Gasteiger partial charge in [0.05, 0.1) is 12.8 Å². The van der Waals surface area contributed by atoms with Gasteiger partial charge in [-0.3, -0.25) is 0 Å². The van der Waals surface area contributed by atoms with E-state index in [2.05, 4.69) is 16.9 Å². The van der Waals surface area contributed by atoms with Gasteiger partial charge >= 0.3 is 0 Å². The first-order valence-electron chi connectivity index (χ1n) is 6.20. The smallest absolute Gasteiger partial charge is 0.213 e. The lowest BCUT2D eigenvalue weighted by atomic mass is 10.0. The van der Waals surface area contributed by atoms with Gasteiger partial charge < -0.3 is 9.64 Å². The van der Waals surface area contributed by atoms with Gasteiger partial charge in [0, 0.05) is 6.04 Å². The van der Waals surface area contributed by atoms with Crippen LogP contribution < -0.4 is 4.74 Å². The summed E-state index contributed by atoms with van der Waals surface area (Å²) in [7, 11) is 2.17. The highest BCUT2D eigenvalue weighted by atomic mass is 19.1. The van der Waals surface area contributed by atoms with Crippen LogP contribution in [0, 0.1) is 5.95 Å². The first-order valence-corrected chi connectivity index (χ1v) is 6.20. The maximum absolute atomic E-state index is 12.6. The third kappa shape index (κ3) is 3.66. The topological polar surface area (TPSA) is 25.4 Å². The molecule has 3 nitrogen and oxygen atoms in total. The molecule has 4 heteroatoms. The van der Waals surface area contributed by atoms with Gasteiger partial charge in [0.15, 0.2) is 0 Å². The normalized spacial score (nSPS) is 21.4. The van der Waals surface area contributed by atoms with E-state index in [1.165, 1.54) is 38.1 Å². The van der Waals surface area contributed by atoms with Crippen molar-refractivity contribution in [2.75, 3.05) is 20.2 Å². The molecule has 0 bridgehead atoms. The van der Waals surface area contributed by atoms with Crippen molar-refractivity contribution in [2.24, 2.45) is 0 Å². The lowest BCUT2D eigenvalue weighted by Crippen LogP contribution is -2.37. The number of hydrogen-bond acceptors (Lipinski definition) is 3. The molecule has 1 fully saturated rings. The van der Waals surface area contributed by atoms with Crippen molar-refractivity contribution < 1.29 is 9.13 Å². The summed E-state index contributed by atoms with van der Waals surface area (Å²) in [6.07, 6.45) is 6.32. The van der Waals surface area contributed by atoms with Crippen LogP contribution in [0.1, 0.15) is 25.7 Å². The van der Waals surface area contributed by atoms with Crippen LogP contribution in [-0.4, -0.2) is 36.1 Å². The summed E-state index contributed by atoms with van der Waals surface area (Å²) in [5.41, 5.74) is 0. The van der Waals surface area contributed by atoms with E-state index in [9.17, 15) is 4.39 Å². The molecule has 1 aliphatic heterocycles. The molecule has 0 aromatic carbocycles. The second kappa shape index (κ2) is 5.96. The molecule has 2 rings (SSSR count). The maximum Gasteiger partial charge on any atom is 0.213 e. The summed E-state index contributed by atoms with van der Waals surface area (Å²) >= 11 is 0. The van der Waals surface area contributed by atoms with Crippen LogP contribution >= 0.6 is 0 Å². The molecule has 0 spiro atoms. The van der Waals surface area contributed by atoms with Gasteiger partial charge in [-0.15, -0.1) is 0 Å². The third-order valence-corrected chi connectivity index (χ3v) is 3.34. The second-order valence-corrected chi connectivity index (χ2v) is 4.58. The van der Waals surface area contributed by atoms with E-state index < -0.39 is 5.95 Å². The van der Waals surface area contributed by atoms with E-state index in [0.29, 0.717) is 18.4 Å². The number of ether oxygens (including phenoxy) is 1. The van der Waals surface area contributed by atoms with E-state index in [0.717, 1.165) is 6.42 Å². The second-order valence-electron chi connectivity index (χ2n) is 4.58. The number of nitrogens with zero attached hydrogens (tertiary/aromatic N) is 2. The Hall–Kier alpha value is -1.16. The van der Waals surface area contributed by atoms with Crippen LogP contribution in [0.4, 0.5) is 4.39 Å². The summed E-state index contributed by atoms with van der Waals surface area (Å²) in [5.74, 6) is 0.175. The molecule has 0 radical (unpaired) electrons. The zero-order chi connectivity index (χ0) is 12.1. The standard InChI is InChI=1S/C13H19FN2O/c1-16-8-3-2-4-11(16)7-9-17-12-5-6-13(14)15-10-12/h5-6,10-11H,2-4,7-9H2,1H3. The summed E-state index contributed by atoms with van der Waals surface area (Å²) in [5, 5.41) is 0. The molecule has 0 amide bonds. The van der Waals surface area contributed by atoms with Crippen LogP contribution in [0.25, 0.3) is 0 Å². The molecule has 1 aromatic rings. The van der Waals surface area contributed by atoms with Gasteiger partial charge in [0.1, 0.15) is 5.75 Å². The maximum atomic E-state index is 12.6. The Labute approximate surface area is 102 Å². The molecular weight excluding hydrogens is 219 g/mol. The molecule has 1 aliphatic rings. The van der Waals surface area contributed by atoms with Gasteiger partial charge in [0.2, 0.25) is 5.95 Å². The van der Waals surface area contributed by atoms with Gasteiger partial charge in [-0.2, -0.15) is 4.39 Å². The molecule has 1 unspecified atom stereocenters. The number of piperidine rings is 1. The number of halogens is 1. The molecule has 2 heterocycles. The van der Waals surface area contributed by atoms with Crippen molar-refractivity contribution in [2.45, 2.75) is 31.7 Å². The van der Waals surface area contributed by atoms with Crippen LogP contribution in [-0.2, 0) is 0 Å². The predicted molar refractivity (Wildman–Crippen MR) is 64.6 cm³/mol. The highest BCUT2D eigenvalue weighted by molar-refractivity contribution is 5.15. The number of rotatable bonds is 4. The average Bonchev–Trinajstić information content (AvgIpc) is 2.34. The van der Waals surface area contributed by atoms with Crippen molar-refractivity contribution >= 4 is 0 Å². The molecule has 0 aliphatic carbocycles. The van der Waals surface area contributed by atoms with Crippen molar-refractivity contribution in [3.05, 3.63) is 24.3 Å². The van der Waals surface area contributed by atoms with Gasteiger partial charge in [-0.25, -0.2) is 4.98 Å². The van der Waals surface area contributed by atoms with Crippen molar-refractivity contribution in [3.63, 3.8) is 0 Å². The SMILES string of the molecule is CN1CCCCC1CCOc1ccc(F)nc1. The Kier molecular flexibility index (Phi) is 4.31. The fourth-order valence-corrected chi connectivity index (χ4v) is 2.27. The molecule has 17 heavy (non-hydrogen) atoms. The third-order valence-electron chi connectivity index (χ3n) is 3.34. The van der Waals surface area contributed by atoms with Crippen LogP contribution in [0.15, 0.2) is 18.3 Å². The Morgan fingerprint density at radius 1 is 1.47 bits per heavy atom. The zero-order valence-electron chi connectivity index (χ0n) is 10.2. The molecule has 1 saturated heterocycles. The molecule has 1 atom stereocenters. The van der Waals surface area contributed by atoms with Gasteiger partial charge in [0.25, 0.3) is 0 Å². The van der Waals surface area contributed by atoms with Gasteiger partial charge in [-0.05, 0) is 45.0 Å². The Morgan fingerprint density at radius 2 is 2.35 bits per heavy atom. The van der Waals surface area contributed by atoms with Crippen LogP contribution in [0.2, 0.25) is 0 Å². The van der Waals surface area contributed by atoms with Crippen molar-refractivity contribution in [3.8, 4) is 5.75 Å². The quantitative estimate of drug-likeness (QED) is 0.753. The fourth-order valence-electron chi connectivity index (χ4n) is 2.27. The van der Waals surface area contributed by atoms with Crippen molar-refractivity contribution in [1.82, 2.24) is 9.88 Å². The van der Waals surface area contributed by atoms with Crippen LogP contribution in [0.3, 0.4) is 0 Å². The number of hydrogen-bond donors (Lipinski definition) is 0. The minimum atomic E-state index is -0.468. The number of aromatic nitrogens is 1. The Balaban J connectivity index is 1.73. The minimum absolute atomic E-state index is 0.468. The lowest BCUT2D eigenvalue weighted by molar-refractivity contribution is 0.153. The highest BCUT2D eigenvalue weighted by Gasteiger charge is 2.18. The largest absolute Gasteiger partial charge is 0.492 e. The molecule has 1 aromatic heterocycles.